The van der Waals surface area contributed by atoms with E-state index in [2.05, 4.69) is 0 Å². The summed E-state index contributed by atoms with van der Waals surface area (Å²) in [5, 5.41) is 8.63. The number of hydrogen-bond acceptors (Lipinski definition) is 6. The van der Waals surface area contributed by atoms with Gasteiger partial charge < -0.3 is 28.8 Å². The van der Waals surface area contributed by atoms with Crippen molar-refractivity contribution in [3.8, 4) is 0 Å². The summed E-state index contributed by atoms with van der Waals surface area (Å²) in [6.45, 7) is 4.09. The van der Waals surface area contributed by atoms with Crippen LogP contribution in [-0.4, -0.2) is 57.5 Å². The van der Waals surface area contributed by atoms with E-state index in [1.54, 1.807) is 6.92 Å². The third kappa shape index (κ3) is 4.42. The van der Waals surface area contributed by atoms with E-state index in [0.29, 0.717) is 13.4 Å². The Bertz CT molecular complexity index is 164. The normalized spacial score (nSPS) is 35.0. The zero-order chi connectivity index (χ0) is 11.1. The maximum Gasteiger partial charge on any atom is 0.280 e. The van der Waals surface area contributed by atoms with E-state index in [0.717, 1.165) is 13.2 Å². The van der Waals surface area contributed by atoms with Crippen LogP contribution in [0.1, 0.15) is 6.92 Å². The van der Waals surface area contributed by atoms with Crippen molar-refractivity contribution in [2.45, 2.75) is 19.0 Å². The van der Waals surface area contributed by atoms with Gasteiger partial charge in [-0.2, -0.15) is 0 Å². The van der Waals surface area contributed by atoms with Crippen molar-refractivity contribution in [3.63, 3.8) is 0 Å². The molecule has 0 aliphatic carbocycles. The second-order valence-electron chi connectivity index (χ2n) is 3.23. The molecule has 0 spiro atoms. The zero-order valence-electron chi connectivity index (χ0n) is 9.10. The van der Waals surface area contributed by atoms with Crippen LogP contribution in [0.4, 0.5) is 0 Å². The summed E-state index contributed by atoms with van der Waals surface area (Å²) in [5.41, 5.74) is 0. The minimum Gasteiger partial charge on any atom is -0.394 e. The van der Waals surface area contributed by atoms with E-state index in [9.17, 15) is 0 Å². The van der Waals surface area contributed by atoms with E-state index in [1.807, 2.05) is 0 Å². The first-order chi connectivity index (χ1) is 7.20. The summed E-state index contributed by atoms with van der Waals surface area (Å²) in [5.74, 6) is -0.951. The Hall–Kier alpha value is -0.240. The summed E-state index contributed by atoms with van der Waals surface area (Å²) >= 11 is 0. The molecule has 0 aromatic rings. The van der Waals surface area contributed by atoms with Crippen LogP contribution in [0, 0.1) is 0 Å². The van der Waals surface area contributed by atoms with Gasteiger partial charge >= 0.3 is 0 Å². The van der Waals surface area contributed by atoms with Gasteiger partial charge in [-0.3, -0.25) is 0 Å². The Balaban J connectivity index is 0.000000187. The SMILES string of the molecule is C1COCO1.COC1(C)OCC(CO)O1. The lowest BCUT2D eigenvalue weighted by Gasteiger charge is -2.19. The monoisotopic (exact) mass is 222 g/mol. The van der Waals surface area contributed by atoms with Crippen LogP contribution in [0.25, 0.3) is 0 Å². The molecule has 2 atom stereocenters. The molecule has 6 heteroatoms. The second kappa shape index (κ2) is 6.37. The van der Waals surface area contributed by atoms with Crippen LogP contribution in [0.3, 0.4) is 0 Å². The number of hydrogen-bond donors (Lipinski definition) is 1. The minimum absolute atomic E-state index is 0.0288. The molecule has 90 valence electrons. The van der Waals surface area contributed by atoms with Crippen LogP contribution in [0.2, 0.25) is 0 Å². The molecule has 0 amide bonds. The van der Waals surface area contributed by atoms with E-state index >= 15 is 0 Å². The molecule has 0 saturated carbocycles. The largest absolute Gasteiger partial charge is 0.394 e. The van der Waals surface area contributed by atoms with Crippen LogP contribution >= 0.6 is 0 Å². The quantitative estimate of drug-likeness (QED) is 0.692. The van der Waals surface area contributed by atoms with E-state index in [-0.39, 0.29) is 12.7 Å². The molecule has 0 radical (unpaired) electrons. The number of aliphatic hydroxyl groups is 1. The molecule has 0 bridgehead atoms. The third-order valence-corrected chi connectivity index (χ3v) is 2.03. The van der Waals surface area contributed by atoms with Crippen molar-refractivity contribution in [1.82, 2.24) is 0 Å². The standard InChI is InChI=1S/C6H12O4.C3H6O2/c1-6(8-2)9-4-5(3-7)10-6;1-2-5-3-4-1/h5,7H,3-4H2,1-2H3;1-3H2. The van der Waals surface area contributed by atoms with Crippen molar-refractivity contribution in [3.05, 3.63) is 0 Å². The zero-order valence-corrected chi connectivity index (χ0v) is 9.10. The number of methoxy groups -OCH3 is 1. The lowest BCUT2D eigenvalue weighted by molar-refractivity contribution is -0.314. The molecule has 2 rings (SSSR count). The molecule has 1 N–H and O–H groups in total. The molecule has 2 aliphatic heterocycles. The van der Waals surface area contributed by atoms with Gasteiger partial charge in [-0.05, 0) is 0 Å². The van der Waals surface area contributed by atoms with E-state index in [1.165, 1.54) is 7.11 Å². The lowest BCUT2D eigenvalue weighted by atomic mass is 10.4. The molecule has 0 aromatic carbocycles. The number of ether oxygens (including phenoxy) is 5. The smallest absolute Gasteiger partial charge is 0.280 e. The van der Waals surface area contributed by atoms with Gasteiger partial charge in [-0.1, -0.05) is 0 Å². The van der Waals surface area contributed by atoms with Gasteiger partial charge in [0.1, 0.15) is 12.9 Å². The molecule has 15 heavy (non-hydrogen) atoms. The topological polar surface area (TPSA) is 66.4 Å². The fourth-order valence-corrected chi connectivity index (χ4v) is 1.11. The highest BCUT2D eigenvalue weighted by atomic mass is 16.9. The molecule has 2 heterocycles. The van der Waals surface area contributed by atoms with Gasteiger partial charge in [-0.15, -0.1) is 0 Å². The fraction of sp³-hybridized carbons (Fsp3) is 1.00. The summed E-state index contributed by atoms with van der Waals surface area (Å²) in [6, 6.07) is 0. The first kappa shape index (κ1) is 12.8. The van der Waals surface area contributed by atoms with Gasteiger partial charge in [0.2, 0.25) is 0 Å². The second-order valence-corrected chi connectivity index (χ2v) is 3.23. The van der Waals surface area contributed by atoms with Crippen molar-refractivity contribution in [2.75, 3.05) is 40.3 Å². The molecule has 6 nitrogen and oxygen atoms in total. The lowest BCUT2D eigenvalue weighted by Crippen LogP contribution is -2.29. The molecule has 2 fully saturated rings. The van der Waals surface area contributed by atoms with E-state index in [4.69, 9.17) is 28.8 Å². The molecule has 0 aromatic heterocycles. The molecule has 2 saturated heterocycles. The Labute approximate surface area is 89.0 Å². The third-order valence-electron chi connectivity index (χ3n) is 2.03. The maximum atomic E-state index is 8.63. The summed E-state index contributed by atoms with van der Waals surface area (Å²) in [7, 11) is 1.50. The molecule has 2 aliphatic rings. The van der Waals surface area contributed by atoms with Crippen molar-refractivity contribution < 1.29 is 28.8 Å². The minimum atomic E-state index is -0.951. The van der Waals surface area contributed by atoms with Gasteiger partial charge in [0.25, 0.3) is 5.97 Å². The maximum absolute atomic E-state index is 8.63. The van der Waals surface area contributed by atoms with Crippen LogP contribution in [0.5, 0.6) is 0 Å². The van der Waals surface area contributed by atoms with E-state index < -0.39 is 5.97 Å². The van der Waals surface area contributed by atoms with Crippen LogP contribution in [0.15, 0.2) is 0 Å². The molecular weight excluding hydrogens is 204 g/mol. The Morgan fingerprint density at radius 2 is 2.07 bits per heavy atom. The number of rotatable bonds is 2. The average molecular weight is 222 g/mol. The highest BCUT2D eigenvalue weighted by Gasteiger charge is 2.36. The van der Waals surface area contributed by atoms with Crippen molar-refractivity contribution in [1.29, 1.82) is 0 Å². The van der Waals surface area contributed by atoms with Crippen LogP contribution < -0.4 is 0 Å². The summed E-state index contributed by atoms with van der Waals surface area (Å²) in [6.07, 6.45) is -0.245. The number of aliphatic hydroxyl groups excluding tert-OH is 1. The molecular formula is C9H18O6. The van der Waals surface area contributed by atoms with Crippen molar-refractivity contribution >= 4 is 0 Å². The van der Waals surface area contributed by atoms with Crippen molar-refractivity contribution in [2.24, 2.45) is 0 Å². The van der Waals surface area contributed by atoms with Gasteiger partial charge in [-0.25, -0.2) is 0 Å². The van der Waals surface area contributed by atoms with Gasteiger partial charge in [0.15, 0.2) is 0 Å². The predicted octanol–water partition coefficient (Wildman–Crippen LogP) is -0.295. The predicted molar refractivity (Wildman–Crippen MR) is 50.1 cm³/mol. The summed E-state index contributed by atoms with van der Waals surface area (Å²) < 4.78 is 24.6. The van der Waals surface area contributed by atoms with Gasteiger partial charge in [0, 0.05) is 14.0 Å². The Morgan fingerprint density at radius 3 is 2.33 bits per heavy atom. The van der Waals surface area contributed by atoms with Gasteiger partial charge in [0.05, 0.1) is 26.4 Å². The molecule has 2 unspecified atom stereocenters. The Kier molecular flexibility index (Phi) is 5.44. The summed E-state index contributed by atoms with van der Waals surface area (Å²) in [4.78, 5) is 0. The highest BCUT2D eigenvalue weighted by Crippen LogP contribution is 2.22. The fourth-order valence-electron chi connectivity index (χ4n) is 1.11. The highest BCUT2D eigenvalue weighted by molar-refractivity contribution is 4.65. The average Bonchev–Trinajstić information content (AvgIpc) is 2.90. The Morgan fingerprint density at radius 1 is 1.40 bits per heavy atom. The van der Waals surface area contributed by atoms with Crippen LogP contribution in [-0.2, 0) is 23.7 Å². The first-order valence-corrected chi connectivity index (χ1v) is 4.83. The first-order valence-electron chi connectivity index (χ1n) is 4.83.